The fourth-order valence-electron chi connectivity index (χ4n) is 3.18. The molecular weight excluding hydrogens is 290 g/mol. The van der Waals surface area contributed by atoms with Crippen molar-refractivity contribution in [2.75, 3.05) is 46.4 Å². The van der Waals surface area contributed by atoms with Crippen LogP contribution in [0.3, 0.4) is 0 Å². The lowest BCUT2D eigenvalue weighted by Crippen LogP contribution is -2.43. The summed E-state index contributed by atoms with van der Waals surface area (Å²) in [7, 11) is 2.16. The highest BCUT2D eigenvalue weighted by atomic mass is 16.3. The van der Waals surface area contributed by atoms with Crippen molar-refractivity contribution in [3.8, 4) is 0 Å². The van der Waals surface area contributed by atoms with E-state index in [0.717, 1.165) is 51.1 Å². The van der Waals surface area contributed by atoms with Gasteiger partial charge in [0.05, 0.1) is 6.61 Å². The Labute approximate surface area is 138 Å². The SMILES string of the molecule is CN1CCN(Cc2cccc(C(=O)N(CCO)C3CC3)c2)CC1. The maximum atomic E-state index is 12.7. The maximum Gasteiger partial charge on any atom is 0.254 e. The topological polar surface area (TPSA) is 47.0 Å². The summed E-state index contributed by atoms with van der Waals surface area (Å²) in [6, 6.07) is 8.32. The van der Waals surface area contributed by atoms with Crippen molar-refractivity contribution < 1.29 is 9.90 Å². The van der Waals surface area contributed by atoms with E-state index in [9.17, 15) is 9.90 Å². The van der Waals surface area contributed by atoms with E-state index in [4.69, 9.17) is 0 Å². The number of hydrogen-bond acceptors (Lipinski definition) is 4. The van der Waals surface area contributed by atoms with Gasteiger partial charge in [0.25, 0.3) is 5.91 Å². The molecule has 0 radical (unpaired) electrons. The molecule has 1 amide bonds. The molecule has 1 saturated carbocycles. The lowest BCUT2D eigenvalue weighted by atomic mass is 10.1. The summed E-state index contributed by atoms with van der Waals surface area (Å²) in [5, 5.41) is 9.20. The Bertz CT molecular complexity index is 537. The van der Waals surface area contributed by atoms with Crippen LogP contribution < -0.4 is 0 Å². The molecule has 1 aromatic carbocycles. The number of amides is 1. The number of hydrogen-bond donors (Lipinski definition) is 1. The van der Waals surface area contributed by atoms with Gasteiger partial charge in [0.2, 0.25) is 0 Å². The van der Waals surface area contributed by atoms with Gasteiger partial charge in [-0.1, -0.05) is 12.1 Å². The van der Waals surface area contributed by atoms with Crippen molar-refractivity contribution in [1.82, 2.24) is 14.7 Å². The average molecular weight is 317 g/mol. The van der Waals surface area contributed by atoms with Crippen LogP contribution in [0.5, 0.6) is 0 Å². The molecule has 1 N–H and O–H groups in total. The number of carbonyl (C=O) groups is 1. The van der Waals surface area contributed by atoms with Gasteiger partial charge in [-0.15, -0.1) is 0 Å². The van der Waals surface area contributed by atoms with Gasteiger partial charge >= 0.3 is 0 Å². The summed E-state index contributed by atoms with van der Waals surface area (Å²) >= 11 is 0. The number of piperazine rings is 1. The highest BCUT2D eigenvalue weighted by Crippen LogP contribution is 2.28. The van der Waals surface area contributed by atoms with Gasteiger partial charge < -0.3 is 14.9 Å². The largest absolute Gasteiger partial charge is 0.395 e. The van der Waals surface area contributed by atoms with Crippen LogP contribution in [0.25, 0.3) is 0 Å². The van der Waals surface area contributed by atoms with Crippen LogP contribution in [-0.2, 0) is 6.54 Å². The van der Waals surface area contributed by atoms with Crippen molar-refractivity contribution >= 4 is 5.91 Å². The molecule has 1 aliphatic heterocycles. The maximum absolute atomic E-state index is 12.7. The molecule has 1 saturated heterocycles. The lowest BCUT2D eigenvalue weighted by Gasteiger charge is -2.32. The number of aliphatic hydroxyl groups is 1. The molecule has 1 aliphatic carbocycles. The van der Waals surface area contributed by atoms with Crippen molar-refractivity contribution in [3.05, 3.63) is 35.4 Å². The molecule has 1 aromatic rings. The molecule has 3 rings (SSSR count). The van der Waals surface area contributed by atoms with Gasteiger partial charge in [0.1, 0.15) is 0 Å². The molecule has 0 spiro atoms. The van der Waals surface area contributed by atoms with Crippen LogP contribution in [0, 0.1) is 0 Å². The minimum absolute atomic E-state index is 0.0310. The van der Waals surface area contributed by atoms with Crippen LogP contribution in [0.1, 0.15) is 28.8 Å². The fraction of sp³-hybridized carbons (Fsp3) is 0.611. The molecule has 5 nitrogen and oxygen atoms in total. The van der Waals surface area contributed by atoms with Crippen LogP contribution in [-0.4, -0.2) is 78.1 Å². The summed E-state index contributed by atoms with van der Waals surface area (Å²) in [5.74, 6) is 0.0572. The Morgan fingerprint density at radius 1 is 1.26 bits per heavy atom. The minimum atomic E-state index is 0.0310. The third kappa shape index (κ3) is 4.31. The Balaban J connectivity index is 1.65. The predicted molar refractivity (Wildman–Crippen MR) is 90.4 cm³/mol. The number of nitrogens with zero attached hydrogens (tertiary/aromatic N) is 3. The second-order valence-electron chi connectivity index (χ2n) is 6.73. The number of carbonyl (C=O) groups excluding carboxylic acids is 1. The van der Waals surface area contributed by atoms with Crippen LogP contribution in [0.4, 0.5) is 0 Å². The van der Waals surface area contributed by atoms with Crippen LogP contribution >= 0.6 is 0 Å². The standard InChI is InChI=1S/C18H27N3O2/c1-19-7-9-20(10-8-19)14-15-3-2-4-16(13-15)18(23)21(11-12-22)17-5-6-17/h2-4,13,17,22H,5-12,14H2,1H3. The first-order valence-electron chi connectivity index (χ1n) is 8.59. The molecular formula is C18H27N3O2. The summed E-state index contributed by atoms with van der Waals surface area (Å²) < 4.78 is 0. The van der Waals surface area contributed by atoms with E-state index >= 15 is 0 Å². The number of rotatable bonds is 6. The van der Waals surface area contributed by atoms with Gasteiger partial charge in [-0.05, 0) is 37.6 Å². The first-order valence-corrected chi connectivity index (χ1v) is 8.59. The van der Waals surface area contributed by atoms with E-state index in [-0.39, 0.29) is 12.5 Å². The Hall–Kier alpha value is -1.43. The summed E-state index contributed by atoms with van der Waals surface area (Å²) in [6.07, 6.45) is 2.12. The highest BCUT2D eigenvalue weighted by Gasteiger charge is 2.32. The molecule has 1 heterocycles. The van der Waals surface area contributed by atoms with E-state index in [1.54, 1.807) is 0 Å². The number of likely N-dealkylation sites (N-methyl/N-ethyl adjacent to an activating group) is 1. The van der Waals surface area contributed by atoms with Crippen molar-refractivity contribution in [2.45, 2.75) is 25.4 Å². The van der Waals surface area contributed by atoms with Crippen LogP contribution in [0.2, 0.25) is 0 Å². The zero-order valence-electron chi connectivity index (χ0n) is 13.9. The molecule has 5 heteroatoms. The Kier molecular flexibility index (Phi) is 5.30. The number of benzene rings is 1. The molecule has 0 bridgehead atoms. The molecule has 2 aliphatic rings. The quantitative estimate of drug-likeness (QED) is 0.851. The zero-order chi connectivity index (χ0) is 16.2. The first kappa shape index (κ1) is 16.4. The van der Waals surface area contributed by atoms with E-state index < -0.39 is 0 Å². The second-order valence-corrected chi connectivity index (χ2v) is 6.73. The van der Waals surface area contributed by atoms with Gasteiger partial charge in [-0.2, -0.15) is 0 Å². The Morgan fingerprint density at radius 3 is 2.65 bits per heavy atom. The predicted octanol–water partition coefficient (Wildman–Crippen LogP) is 1.03. The minimum Gasteiger partial charge on any atom is -0.395 e. The van der Waals surface area contributed by atoms with E-state index in [0.29, 0.717) is 12.6 Å². The third-order valence-electron chi connectivity index (χ3n) is 4.77. The second kappa shape index (κ2) is 7.43. The summed E-state index contributed by atoms with van der Waals surface area (Å²) in [4.78, 5) is 19.3. The molecule has 126 valence electrons. The Morgan fingerprint density at radius 2 is 2.00 bits per heavy atom. The molecule has 0 unspecified atom stereocenters. The van der Waals surface area contributed by atoms with Gasteiger partial charge in [-0.25, -0.2) is 0 Å². The van der Waals surface area contributed by atoms with Gasteiger partial charge in [0.15, 0.2) is 0 Å². The highest BCUT2D eigenvalue weighted by molar-refractivity contribution is 5.94. The van der Waals surface area contributed by atoms with Gasteiger partial charge in [0, 0.05) is 50.9 Å². The van der Waals surface area contributed by atoms with Crippen LogP contribution in [0.15, 0.2) is 24.3 Å². The molecule has 23 heavy (non-hydrogen) atoms. The van der Waals surface area contributed by atoms with Crippen molar-refractivity contribution in [2.24, 2.45) is 0 Å². The van der Waals surface area contributed by atoms with Crippen molar-refractivity contribution in [3.63, 3.8) is 0 Å². The van der Waals surface area contributed by atoms with E-state index in [1.165, 1.54) is 5.56 Å². The van der Waals surface area contributed by atoms with Crippen molar-refractivity contribution in [1.29, 1.82) is 0 Å². The fourth-order valence-corrected chi connectivity index (χ4v) is 3.18. The van der Waals surface area contributed by atoms with E-state index in [1.807, 2.05) is 23.1 Å². The zero-order valence-corrected chi connectivity index (χ0v) is 13.9. The molecule has 2 fully saturated rings. The normalized spacial score (nSPS) is 19.7. The molecule has 0 aromatic heterocycles. The lowest BCUT2D eigenvalue weighted by molar-refractivity contribution is 0.0707. The number of aliphatic hydroxyl groups excluding tert-OH is 1. The van der Waals surface area contributed by atoms with E-state index in [2.05, 4.69) is 22.9 Å². The summed E-state index contributed by atoms with van der Waals surface area (Å²) in [6.45, 7) is 5.73. The van der Waals surface area contributed by atoms with Gasteiger partial charge in [-0.3, -0.25) is 9.69 Å². The summed E-state index contributed by atoms with van der Waals surface area (Å²) in [5.41, 5.74) is 1.94. The average Bonchev–Trinajstić information content (AvgIpc) is 3.39. The third-order valence-corrected chi connectivity index (χ3v) is 4.77. The first-order chi connectivity index (χ1) is 11.2. The smallest absolute Gasteiger partial charge is 0.254 e. The molecule has 0 atom stereocenters. The monoisotopic (exact) mass is 317 g/mol.